The molecule has 1 heterocycles. The third-order valence-electron chi connectivity index (χ3n) is 2.39. The van der Waals surface area contributed by atoms with Crippen molar-refractivity contribution in [1.82, 2.24) is 9.78 Å². The molecule has 4 nitrogen and oxygen atoms in total. The summed E-state index contributed by atoms with van der Waals surface area (Å²) in [5.74, 6) is -0.0734. The minimum Gasteiger partial charge on any atom is -0.324 e. The van der Waals surface area contributed by atoms with Crippen molar-refractivity contribution in [3.05, 3.63) is 46.3 Å². The molecule has 2 rings (SSSR count). The van der Waals surface area contributed by atoms with Gasteiger partial charge in [0.1, 0.15) is 6.04 Å². The quantitative estimate of drug-likeness (QED) is 0.873. The SMILES string of the molecule is CC(C(=O)Nc1ccccc1)n1cc(I)cn1. The standard InChI is InChI=1S/C12H12IN3O/c1-9(16-8-10(13)7-14-16)12(17)15-11-5-3-2-4-6-11/h2-9H,1H3,(H,15,17). The largest absolute Gasteiger partial charge is 0.324 e. The normalized spacial score (nSPS) is 12.1. The number of halogens is 1. The molecule has 0 radical (unpaired) electrons. The van der Waals surface area contributed by atoms with Crippen molar-refractivity contribution in [1.29, 1.82) is 0 Å². The lowest BCUT2D eigenvalue weighted by molar-refractivity contribution is -0.119. The fourth-order valence-corrected chi connectivity index (χ4v) is 1.82. The van der Waals surface area contributed by atoms with E-state index in [4.69, 9.17) is 0 Å². The molecule has 88 valence electrons. The minimum atomic E-state index is -0.321. The highest BCUT2D eigenvalue weighted by Crippen LogP contribution is 2.12. The molecule has 1 aromatic heterocycles. The molecule has 1 aromatic carbocycles. The summed E-state index contributed by atoms with van der Waals surface area (Å²) in [5, 5.41) is 6.97. The smallest absolute Gasteiger partial charge is 0.248 e. The maximum Gasteiger partial charge on any atom is 0.248 e. The Morgan fingerprint density at radius 3 is 2.71 bits per heavy atom. The van der Waals surface area contributed by atoms with E-state index in [1.165, 1.54) is 0 Å². The van der Waals surface area contributed by atoms with Crippen LogP contribution in [0.4, 0.5) is 5.69 Å². The molecule has 1 atom stereocenters. The van der Waals surface area contributed by atoms with Crippen LogP contribution in [0.1, 0.15) is 13.0 Å². The number of hydrogen-bond donors (Lipinski definition) is 1. The van der Waals surface area contributed by atoms with E-state index >= 15 is 0 Å². The lowest BCUT2D eigenvalue weighted by atomic mass is 10.3. The van der Waals surface area contributed by atoms with Crippen molar-refractivity contribution >= 4 is 34.2 Å². The highest BCUT2D eigenvalue weighted by atomic mass is 127. The molecular formula is C12H12IN3O. The van der Waals surface area contributed by atoms with E-state index in [-0.39, 0.29) is 11.9 Å². The molecule has 0 saturated carbocycles. The Morgan fingerprint density at radius 1 is 1.41 bits per heavy atom. The fraction of sp³-hybridized carbons (Fsp3) is 0.167. The second-order valence-corrected chi connectivity index (χ2v) is 4.92. The van der Waals surface area contributed by atoms with Crippen molar-refractivity contribution in [2.24, 2.45) is 0 Å². The Morgan fingerprint density at radius 2 is 2.12 bits per heavy atom. The first-order chi connectivity index (χ1) is 8.16. The van der Waals surface area contributed by atoms with Gasteiger partial charge in [-0.1, -0.05) is 18.2 Å². The monoisotopic (exact) mass is 341 g/mol. The summed E-state index contributed by atoms with van der Waals surface area (Å²) in [6, 6.07) is 9.08. The van der Waals surface area contributed by atoms with E-state index < -0.39 is 0 Å². The Hall–Kier alpha value is -1.37. The molecule has 1 unspecified atom stereocenters. The van der Waals surface area contributed by atoms with Crippen LogP contribution in [0.5, 0.6) is 0 Å². The first kappa shape index (κ1) is 12.1. The van der Waals surface area contributed by atoms with Crippen molar-refractivity contribution < 1.29 is 4.79 Å². The molecule has 0 aliphatic carbocycles. The number of carbonyl (C=O) groups is 1. The molecule has 0 bridgehead atoms. The zero-order valence-corrected chi connectivity index (χ0v) is 11.5. The highest BCUT2D eigenvalue weighted by Gasteiger charge is 2.15. The minimum absolute atomic E-state index is 0.0734. The zero-order chi connectivity index (χ0) is 12.3. The Balaban J connectivity index is 2.06. The van der Waals surface area contributed by atoms with Gasteiger partial charge in [0.25, 0.3) is 0 Å². The molecule has 2 aromatic rings. The lowest BCUT2D eigenvalue weighted by Crippen LogP contribution is -2.23. The number of para-hydroxylation sites is 1. The van der Waals surface area contributed by atoms with E-state index in [9.17, 15) is 4.79 Å². The summed E-state index contributed by atoms with van der Waals surface area (Å²) in [6.45, 7) is 1.82. The molecule has 1 amide bonds. The summed E-state index contributed by atoms with van der Waals surface area (Å²) >= 11 is 2.17. The van der Waals surface area contributed by atoms with Gasteiger partial charge < -0.3 is 5.32 Å². The van der Waals surface area contributed by atoms with Gasteiger partial charge in [-0.05, 0) is 41.6 Å². The van der Waals surface area contributed by atoms with Crippen LogP contribution in [0.2, 0.25) is 0 Å². The van der Waals surface area contributed by atoms with E-state index in [2.05, 4.69) is 33.0 Å². The van der Waals surface area contributed by atoms with Crippen LogP contribution < -0.4 is 5.32 Å². The molecule has 0 spiro atoms. The van der Waals surface area contributed by atoms with Gasteiger partial charge >= 0.3 is 0 Å². The number of anilines is 1. The van der Waals surface area contributed by atoms with E-state index in [0.29, 0.717) is 0 Å². The van der Waals surface area contributed by atoms with Crippen molar-refractivity contribution in [2.75, 3.05) is 5.32 Å². The summed E-state index contributed by atoms with van der Waals surface area (Å²) in [5.41, 5.74) is 0.797. The number of aromatic nitrogens is 2. The van der Waals surface area contributed by atoms with Gasteiger partial charge in [0.15, 0.2) is 0 Å². The van der Waals surface area contributed by atoms with E-state index in [1.54, 1.807) is 10.9 Å². The molecule has 0 fully saturated rings. The summed E-state index contributed by atoms with van der Waals surface area (Å²) in [6.07, 6.45) is 3.57. The van der Waals surface area contributed by atoms with Gasteiger partial charge in [0.2, 0.25) is 5.91 Å². The average Bonchev–Trinajstić information content (AvgIpc) is 2.76. The second kappa shape index (κ2) is 5.31. The molecule has 0 aliphatic rings. The van der Waals surface area contributed by atoms with Gasteiger partial charge in [-0.2, -0.15) is 5.10 Å². The number of hydrogen-bond acceptors (Lipinski definition) is 2. The van der Waals surface area contributed by atoms with E-state index in [1.807, 2.05) is 43.5 Å². The third kappa shape index (κ3) is 3.06. The van der Waals surface area contributed by atoms with Crippen LogP contribution in [-0.4, -0.2) is 15.7 Å². The average molecular weight is 341 g/mol. The predicted molar refractivity (Wildman–Crippen MR) is 74.7 cm³/mol. The fourth-order valence-electron chi connectivity index (χ4n) is 1.41. The van der Waals surface area contributed by atoms with Crippen LogP contribution in [-0.2, 0) is 4.79 Å². The molecule has 0 aliphatic heterocycles. The third-order valence-corrected chi connectivity index (χ3v) is 2.94. The molecular weight excluding hydrogens is 329 g/mol. The van der Waals surface area contributed by atoms with E-state index in [0.717, 1.165) is 9.26 Å². The van der Waals surface area contributed by atoms with Gasteiger partial charge in [-0.3, -0.25) is 9.48 Å². The van der Waals surface area contributed by atoms with Crippen LogP contribution in [0.3, 0.4) is 0 Å². The first-order valence-corrected chi connectivity index (χ1v) is 6.30. The van der Waals surface area contributed by atoms with Crippen LogP contribution in [0, 0.1) is 3.57 Å². The van der Waals surface area contributed by atoms with Gasteiger partial charge in [-0.15, -0.1) is 0 Å². The molecule has 17 heavy (non-hydrogen) atoms. The maximum atomic E-state index is 11.9. The number of benzene rings is 1. The van der Waals surface area contributed by atoms with Gasteiger partial charge in [-0.25, -0.2) is 0 Å². The van der Waals surface area contributed by atoms with Crippen molar-refractivity contribution in [2.45, 2.75) is 13.0 Å². The van der Waals surface area contributed by atoms with Crippen LogP contribution in [0.15, 0.2) is 42.7 Å². The Kier molecular flexibility index (Phi) is 3.78. The topological polar surface area (TPSA) is 46.9 Å². The zero-order valence-electron chi connectivity index (χ0n) is 9.30. The predicted octanol–water partition coefficient (Wildman–Crippen LogP) is 2.69. The maximum absolute atomic E-state index is 11.9. The summed E-state index contributed by atoms with van der Waals surface area (Å²) in [4.78, 5) is 11.9. The molecule has 1 N–H and O–H groups in total. The van der Waals surface area contributed by atoms with Gasteiger partial charge in [0, 0.05) is 11.9 Å². The summed E-state index contributed by atoms with van der Waals surface area (Å²) < 4.78 is 2.67. The number of nitrogens with zero attached hydrogens (tertiary/aromatic N) is 2. The van der Waals surface area contributed by atoms with Gasteiger partial charge in [0.05, 0.1) is 9.77 Å². The lowest BCUT2D eigenvalue weighted by Gasteiger charge is -2.12. The van der Waals surface area contributed by atoms with Crippen molar-refractivity contribution in [3.8, 4) is 0 Å². The number of carbonyl (C=O) groups excluding carboxylic acids is 1. The highest BCUT2D eigenvalue weighted by molar-refractivity contribution is 14.1. The Bertz CT molecular complexity index is 509. The number of nitrogens with one attached hydrogen (secondary N) is 1. The molecule has 5 heteroatoms. The van der Waals surface area contributed by atoms with Crippen molar-refractivity contribution in [3.63, 3.8) is 0 Å². The first-order valence-electron chi connectivity index (χ1n) is 5.22. The van der Waals surface area contributed by atoms with Crippen LogP contribution >= 0.6 is 22.6 Å². The number of amides is 1. The Labute approximate surface area is 113 Å². The second-order valence-electron chi connectivity index (χ2n) is 3.67. The summed E-state index contributed by atoms with van der Waals surface area (Å²) in [7, 11) is 0. The molecule has 0 saturated heterocycles. The number of rotatable bonds is 3. The van der Waals surface area contributed by atoms with Crippen LogP contribution in [0.25, 0.3) is 0 Å².